The smallest absolute Gasteiger partial charge is 0.270 e. The second kappa shape index (κ2) is 12.2. The van der Waals surface area contributed by atoms with Crippen molar-refractivity contribution < 1.29 is 19.0 Å². The van der Waals surface area contributed by atoms with E-state index in [0.717, 1.165) is 18.7 Å². The first-order valence-electron chi connectivity index (χ1n) is 13.9. The fraction of sp³-hybridized carbons (Fsp3) is 0.536. The quantitative estimate of drug-likeness (QED) is 0.414. The molecule has 5 heterocycles. The molecule has 0 aliphatic carbocycles. The van der Waals surface area contributed by atoms with Crippen LogP contribution in [0.25, 0.3) is 5.65 Å². The summed E-state index contributed by atoms with van der Waals surface area (Å²) < 4.78 is 18.2. The van der Waals surface area contributed by atoms with Crippen LogP contribution in [0.1, 0.15) is 52.6 Å². The number of H-pyrrole nitrogens is 1. The Kier molecular flexibility index (Phi) is 8.41. The van der Waals surface area contributed by atoms with Crippen LogP contribution in [-0.4, -0.2) is 84.7 Å². The molecule has 3 aromatic heterocycles. The van der Waals surface area contributed by atoms with Gasteiger partial charge < -0.3 is 34.3 Å². The van der Waals surface area contributed by atoms with Gasteiger partial charge in [-0.05, 0) is 39.7 Å². The molecule has 0 radical (unpaired) electrons. The summed E-state index contributed by atoms with van der Waals surface area (Å²) in [7, 11) is 1.48. The normalized spacial score (nSPS) is 16.0. The van der Waals surface area contributed by atoms with Crippen molar-refractivity contribution in [1.82, 2.24) is 24.9 Å². The average Bonchev–Trinajstić information content (AvgIpc) is 3.36. The summed E-state index contributed by atoms with van der Waals surface area (Å²) in [5.74, 6) is 1.17. The molecule has 5 rings (SSSR count). The fourth-order valence-corrected chi connectivity index (χ4v) is 5.62. The van der Waals surface area contributed by atoms with Crippen molar-refractivity contribution in [3.05, 3.63) is 44.5 Å². The van der Waals surface area contributed by atoms with E-state index in [9.17, 15) is 14.9 Å². The fourth-order valence-electron chi connectivity index (χ4n) is 5.62. The highest BCUT2D eigenvalue weighted by molar-refractivity contribution is 5.96. The molecule has 2 saturated heterocycles. The Balaban J connectivity index is 1.61. The number of carbonyl (C=O) groups is 1. The molecule has 218 valence electrons. The number of anilines is 2. The molecule has 0 saturated carbocycles. The number of hydrogen-bond acceptors (Lipinski definition) is 10. The van der Waals surface area contributed by atoms with Gasteiger partial charge in [-0.1, -0.05) is 0 Å². The number of fused-ring (bicyclic) bond motifs is 1. The number of morpholine rings is 1. The minimum atomic E-state index is -0.464. The van der Waals surface area contributed by atoms with Gasteiger partial charge in [0.1, 0.15) is 28.9 Å². The molecule has 0 unspecified atom stereocenters. The predicted molar refractivity (Wildman–Crippen MR) is 152 cm³/mol. The lowest BCUT2D eigenvalue weighted by Gasteiger charge is -2.36. The number of nitrogens with one attached hydrogen (secondary N) is 2. The van der Waals surface area contributed by atoms with Crippen molar-refractivity contribution in [2.45, 2.75) is 46.2 Å². The van der Waals surface area contributed by atoms with Crippen LogP contribution in [0, 0.1) is 25.2 Å². The number of amides is 1. The van der Waals surface area contributed by atoms with Crippen molar-refractivity contribution in [3.8, 4) is 11.8 Å². The van der Waals surface area contributed by atoms with Crippen LogP contribution in [0.4, 0.5) is 11.6 Å². The topological polar surface area (TPSA) is 150 Å². The molecule has 0 aromatic carbocycles. The number of aromatic nitrogens is 4. The lowest BCUT2D eigenvalue weighted by molar-refractivity contribution is 0.0843. The maximum Gasteiger partial charge on any atom is 0.270 e. The van der Waals surface area contributed by atoms with Crippen LogP contribution in [0.3, 0.4) is 0 Å². The lowest BCUT2D eigenvalue weighted by Crippen LogP contribution is -2.41. The third-order valence-electron chi connectivity index (χ3n) is 7.71. The van der Waals surface area contributed by atoms with E-state index in [1.807, 2.05) is 11.8 Å². The number of aryl methyl sites for hydroxylation is 1. The Bertz CT molecular complexity index is 1530. The Hall–Kier alpha value is -4.15. The first-order chi connectivity index (χ1) is 19.9. The van der Waals surface area contributed by atoms with Gasteiger partial charge in [0, 0.05) is 50.1 Å². The van der Waals surface area contributed by atoms with Crippen molar-refractivity contribution in [3.63, 3.8) is 0 Å². The van der Waals surface area contributed by atoms with E-state index in [1.54, 1.807) is 17.5 Å². The molecule has 2 aliphatic heterocycles. The number of nitrogens with zero attached hydrogens (tertiary/aromatic N) is 6. The summed E-state index contributed by atoms with van der Waals surface area (Å²) in [5.41, 5.74) is 2.05. The maximum absolute atomic E-state index is 13.7. The SMILES string of the molecule is CCN(c1c(C)c(C(=O)NCc2c(OC)cc(C)[nH]c2=O)nc2c(C#N)c(N3CCOCC3)nn12)C1CCOCC1. The van der Waals surface area contributed by atoms with Crippen LogP contribution in [-0.2, 0) is 16.0 Å². The van der Waals surface area contributed by atoms with E-state index in [-0.39, 0.29) is 23.8 Å². The molecule has 13 heteroatoms. The van der Waals surface area contributed by atoms with Crippen LogP contribution < -0.4 is 25.4 Å². The number of hydrogen-bond donors (Lipinski definition) is 2. The molecular weight excluding hydrogens is 528 g/mol. The average molecular weight is 565 g/mol. The van der Waals surface area contributed by atoms with Gasteiger partial charge in [0.05, 0.1) is 32.4 Å². The molecule has 1 amide bonds. The molecule has 2 aliphatic rings. The third kappa shape index (κ3) is 5.45. The number of ether oxygens (including phenoxy) is 3. The van der Waals surface area contributed by atoms with E-state index in [1.165, 1.54) is 7.11 Å². The monoisotopic (exact) mass is 564 g/mol. The number of aromatic amines is 1. The summed E-state index contributed by atoms with van der Waals surface area (Å²) >= 11 is 0. The molecule has 2 N–H and O–H groups in total. The van der Waals surface area contributed by atoms with E-state index in [4.69, 9.17) is 24.3 Å². The van der Waals surface area contributed by atoms with Crippen LogP contribution in [0.2, 0.25) is 0 Å². The van der Waals surface area contributed by atoms with Crippen LogP contribution in [0.5, 0.6) is 5.75 Å². The van der Waals surface area contributed by atoms with Gasteiger partial charge in [-0.15, -0.1) is 5.10 Å². The molecule has 2 fully saturated rings. The van der Waals surface area contributed by atoms with Crippen molar-refractivity contribution in [2.24, 2.45) is 0 Å². The number of rotatable bonds is 8. The molecule has 41 heavy (non-hydrogen) atoms. The number of pyridine rings is 1. The zero-order valence-corrected chi connectivity index (χ0v) is 24.0. The van der Waals surface area contributed by atoms with Gasteiger partial charge in [-0.25, -0.2) is 4.98 Å². The van der Waals surface area contributed by atoms with Gasteiger partial charge >= 0.3 is 0 Å². The number of methoxy groups -OCH3 is 1. The molecular formula is C28H36N8O5. The van der Waals surface area contributed by atoms with Crippen molar-refractivity contribution in [2.75, 3.05) is 63.0 Å². The lowest BCUT2D eigenvalue weighted by atomic mass is 10.1. The molecule has 0 atom stereocenters. The highest BCUT2D eigenvalue weighted by Gasteiger charge is 2.31. The van der Waals surface area contributed by atoms with E-state index in [2.05, 4.69) is 28.2 Å². The van der Waals surface area contributed by atoms with Gasteiger partial charge in [0.2, 0.25) is 0 Å². The van der Waals surface area contributed by atoms with Gasteiger partial charge in [0.15, 0.2) is 11.5 Å². The molecule has 0 bridgehead atoms. The van der Waals surface area contributed by atoms with Crippen LogP contribution >= 0.6 is 0 Å². The Morgan fingerprint density at radius 1 is 1.24 bits per heavy atom. The predicted octanol–water partition coefficient (Wildman–Crippen LogP) is 1.69. The highest BCUT2D eigenvalue weighted by atomic mass is 16.5. The van der Waals surface area contributed by atoms with E-state index in [0.29, 0.717) is 85.7 Å². The van der Waals surface area contributed by atoms with Gasteiger partial charge in [-0.2, -0.15) is 9.78 Å². The first kappa shape index (κ1) is 28.4. The highest BCUT2D eigenvalue weighted by Crippen LogP contribution is 2.33. The minimum absolute atomic E-state index is 0.0555. The maximum atomic E-state index is 13.7. The minimum Gasteiger partial charge on any atom is -0.496 e. The summed E-state index contributed by atoms with van der Waals surface area (Å²) in [6.07, 6.45) is 1.66. The van der Waals surface area contributed by atoms with Crippen molar-refractivity contribution >= 4 is 23.2 Å². The van der Waals surface area contributed by atoms with Gasteiger partial charge in [-0.3, -0.25) is 9.59 Å². The Labute approximate surface area is 238 Å². The van der Waals surface area contributed by atoms with E-state index >= 15 is 0 Å². The van der Waals surface area contributed by atoms with E-state index < -0.39 is 5.91 Å². The summed E-state index contributed by atoms with van der Waals surface area (Å²) in [6.45, 7) is 9.86. The third-order valence-corrected chi connectivity index (χ3v) is 7.71. The number of carbonyl (C=O) groups excluding carboxylic acids is 1. The Morgan fingerprint density at radius 3 is 2.61 bits per heavy atom. The zero-order valence-electron chi connectivity index (χ0n) is 24.0. The molecule has 3 aromatic rings. The first-order valence-corrected chi connectivity index (χ1v) is 13.9. The standard InChI is InChI=1S/C28H36N8O5/c1-5-35(19-6-10-40-11-7-19)28-18(3)23(27(38)30-16-21-22(39-4)14-17(2)31-26(21)37)32-24-20(15-29)25(33-36(24)28)34-8-12-41-13-9-34/h14,19H,5-13,16H2,1-4H3,(H,30,38)(H,31,37). The van der Waals surface area contributed by atoms with Crippen molar-refractivity contribution in [1.29, 1.82) is 5.26 Å². The zero-order chi connectivity index (χ0) is 29.1. The van der Waals surface area contributed by atoms with Crippen LogP contribution in [0.15, 0.2) is 10.9 Å². The second-order valence-corrected chi connectivity index (χ2v) is 10.2. The summed E-state index contributed by atoms with van der Waals surface area (Å²) in [5, 5.41) is 18.0. The Morgan fingerprint density at radius 2 is 1.95 bits per heavy atom. The summed E-state index contributed by atoms with van der Waals surface area (Å²) in [4.78, 5) is 38.0. The molecule has 0 spiro atoms. The van der Waals surface area contributed by atoms with Gasteiger partial charge in [0.25, 0.3) is 11.5 Å². The molecule has 13 nitrogen and oxygen atoms in total. The summed E-state index contributed by atoms with van der Waals surface area (Å²) in [6, 6.07) is 4.17. The second-order valence-electron chi connectivity index (χ2n) is 10.2. The number of nitriles is 1. The largest absolute Gasteiger partial charge is 0.496 e.